The summed E-state index contributed by atoms with van der Waals surface area (Å²) in [7, 11) is 0. The summed E-state index contributed by atoms with van der Waals surface area (Å²) in [5.74, 6) is 0.239. The van der Waals surface area contributed by atoms with Gasteiger partial charge in [-0.2, -0.15) is 0 Å². The molecule has 1 aromatic rings. The standard InChI is InChI=1S/C18H27NO3S/c1-6-9-22-16(20)14-12-8-7-11(2)10-13(12)23-15(14)19-17(21)18(3,4)5/h11H,6-10H2,1-5H3,(H,19,21)/t11-/m1/s1. The predicted octanol–water partition coefficient (Wildman–Crippen LogP) is 4.42. The molecule has 0 spiro atoms. The van der Waals surface area contributed by atoms with E-state index in [1.54, 1.807) is 0 Å². The summed E-state index contributed by atoms with van der Waals surface area (Å²) in [5, 5.41) is 3.62. The van der Waals surface area contributed by atoms with E-state index in [1.807, 2.05) is 27.7 Å². The average Bonchev–Trinajstić information content (AvgIpc) is 2.80. The number of hydrogen-bond donors (Lipinski definition) is 1. The molecule has 0 aliphatic heterocycles. The number of nitrogens with one attached hydrogen (secondary N) is 1. The van der Waals surface area contributed by atoms with Gasteiger partial charge in [0.15, 0.2) is 0 Å². The van der Waals surface area contributed by atoms with Gasteiger partial charge in [-0.3, -0.25) is 4.79 Å². The highest BCUT2D eigenvalue weighted by Gasteiger charge is 2.31. The van der Waals surface area contributed by atoms with Crippen molar-refractivity contribution in [1.82, 2.24) is 0 Å². The molecule has 0 unspecified atom stereocenters. The smallest absolute Gasteiger partial charge is 0.341 e. The molecule has 1 atom stereocenters. The molecule has 1 heterocycles. The Labute approximate surface area is 142 Å². The van der Waals surface area contributed by atoms with Gasteiger partial charge in [0.05, 0.1) is 12.2 Å². The van der Waals surface area contributed by atoms with E-state index in [-0.39, 0.29) is 11.9 Å². The third kappa shape index (κ3) is 4.14. The number of hydrogen-bond acceptors (Lipinski definition) is 4. The van der Waals surface area contributed by atoms with Crippen molar-refractivity contribution < 1.29 is 14.3 Å². The molecule has 0 aromatic carbocycles. The molecule has 1 aliphatic carbocycles. The number of ether oxygens (including phenoxy) is 1. The molecule has 2 rings (SSSR count). The number of fused-ring (bicyclic) bond motifs is 1. The zero-order chi connectivity index (χ0) is 17.2. The number of anilines is 1. The van der Waals surface area contributed by atoms with Crippen LogP contribution in [0.5, 0.6) is 0 Å². The van der Waals surface area contributed by atoms with Crippen molar-refractivity contribution in [3.63, 3.8) is 0 Å². The number of thiophene rings is 1. The third-order valence-electron chi connectivity index (χ3n) is 4.06. The van der Waals surface area contributed by atoms with Crippen LogP contribution < -0.4 is 5.32 Å². The van der Waals surface area contributed by atoms with Crippen LogP contribution in [0.1, 0.15) is 68.3 Å². The van der Waals surface area contributed by atoms with Crippen LogP contribution in [0, 0.1) is 11.3 Å². The van der Waals surface area contributed by atoms with Gasteiger partial charge in [0.2, 0.25) is 5.91 Å². The second-order valence-electron chi connectivity index (χ2n) is 7.40. The van der Waals surface area contributed by atoms with Crippen LogP contribution in [-0.4, -0.2) is 18.5 Å². The molecule has 0 bridgehead atoms. The van der Waals surface area contributed by atoms with E-state index in [2.05, 4.69) is 12.2 Å². The van der Waals surface area contributed by atoms with Crippen molar-refractivity contribution in [2.45, 2.75) is 60.3 Å². The molecule has 128 valence electrons. The zero-order valence-electron chi connectivity index (χ0n) is 14.7. The van der Waals surface area contributed by atoms with Gasteiger partial charge in [0, 0.05) is 10.3 Å². The fourth-order valence-corrected chi connectivity index (χ4v) is 4.01. The van der Waals surface area contributed by atoms with Gasteiger partial charge >= 0.3 is 5.97 Å². The van der Waals surface area contributed by atoms with E-state index in [4.69, 9.17) is 4.74 Å². The first-order valence-electron chi connectivity index (χ1n) is 8.37. The Morgan fingerprint density at radius 1 is 1.35 bits per heavy atom. The number of esters is 1. The molecular weight excluding hydrogens is 310 g/mol. The maximum atomic E-state index is 12.5. The van der Waals surface area contributed by atoms with Crippen LogP contribution in [0.25, 0.3) is 0 Å². The molecule has 1 amide bonds. The van der Waals surface area contributed by atoms with Crippen LogP contribution in [0.2, 0.25) is 0 Å². The lowest BCUT2D eigenvalue weighted by Gasteiger charge is -2.19. The molecule has 1 N–H and O–H groups in total. The second-order valence-corrected chi connectivity index (χ2v) is 8.50. The Morgan fingerprint density at radius 2 is 2.04 bits per heavy atom. The minimum atomic E-state index is -0.498. The van der Waals surface area contributed by atoms with Gasteiger partial charge in [-0.15, -0.1) is 11.3 Å². The van der Waals surface area contributed by atoms with Crippen LogP contribution in [0.3, 0.4) is 0 Å². The van der Waals surface area contributed by atoms with Crippen LogP contribution in [-0.2, 0) is 22.4 Å². The van der Waals surface area contributed by atoms with E-state index in [9.17, 15) is 9.59 Å². The van der Waals surface area contributed by atoms with E-state index in [0.717, 1.165) is 31.2 Å². The Bertz CT molecular complexity index is 598. The molecule has 0 saturated heterocycles. The SMILES string of the molecule is CCCOC(=O)c1c(NC(=O)C(C)(C)C)sc2c1CC[C@@H](C)C2. The van der Waals surface area contributed by atoms with Gasteiger partial charge in [-0.1, -0.05) is 34.6 Å². The Hall–Kier alpha value is -1.36. The fraction of sp³-hybridized carbons (Fsp3) is 0.667. The normalized spacial score (nSPS) is 17.5. The molecule has 0 radical (unpaired) electrons. The van der Waals surface area contributed by atoms with Gasteiger partial charge in [0.1, 0.15) is 5.00 Å². The lowest BCUT2D eigenvalue weighted by molar-refractivity contribution is -0.123. The van der Waals surface area contributed by atoms with E-state index in [0.29, 0.717) is 23.1 Å². The molecule has 4 nitrogen and oxygen atoms in total. The van der Waals surface area contributed by atoms with E-state index in [1.165, 1.54) is 16.2 Å². The monoisotopic (exact) mass is 337 g/mol. The van der Waals surface area contributed by atoms with Crippen LogP contribution in [0.4, 0.5) is 5.00 Å². The van der Waals surface area contributed by atoms with Crippen LogP contribution in [0.15, 0.2) is 0 Å². The molecular formula is C18H27NO3S. The predicted molar refractivity (Wildman–Crippen MR) is 94.2 cm³/mol. The quantitative estimate of drug-likeness (QED) is 0.827. The molecule has 1 aromatic heterocycles. The molecule has 0 saturated carbocycles. The first-order valence-corrected chi connectivity index (χ1v) is 9.18. The van der Waals surface area contributed by atoms with Gasteiger partial charge in [0.25, 0.3) is 0 Å². The van der Waals surface area contributed by atoms with Crippen molar-refractivity contribution in [3.8, 4) is 0 Å². The summed E-state index contributed by atoms with van der Waals surface area (Å²) < 4.78 is 5.35. The minimum Gasteiger partial charge on any atom is -0.462 e. The summed E-state index contributed by atoms with van der Waals surface area (Å²) in [6.45, 7) is 10.2. The van der Waals surface area contributed by atoms with Crippen molar-refractivity contribution in [3.05, 3.63) is 16.0 Å². The Kier molecular flexibility index (Phi) is 5.50. The summed E-state index contributed by atoms with van der Waals surface area (Å²) in [6.07, 6.45) is 3.72. The molecule has 5 heteroatoms. The lowest BCUT2D eigenvalue weighted by atomic mass is 9.88. The first kappa shape index (κ1) is 18.0. The zero-order valence-corrected chi connectivity index (χ0v) is 15.6. The first-order chi connectivity index (χ1) is 10.7. The number of amides is 1. The fourth-order valence-electron chi connectivity index (χ4n) is 2.61. The number of rotatable bonds is 4. The van der Waals surface area contributed by atoms with E-state index >= 15 is 0 Å². The Morgan fingerprint density at radius 3 is 2.65 bits per heavy atom. The van der Waals surface area contributed by atoms with Gasteiger partial charge in [-0.25, -0.2) is 4.79 Å². The minimum absolute atomic E-state index is 0.0753. The summed E-state index contributed by atoms with van der Waals surface area (Å²) in [4.78, 5) is 26.1. The van der Waals surface area contributed by atoms with Crippen molar-refractivity contribution in [1.29, 1.82) is 0 Å². The van der Waals surface area contributed by atoms with Crippen molar-refractivity contribution in [2.75, 3.05) is 11.9 Å². The highest BCUT2D eigenvalue weighted by atomic mass is 32.1. The van der Waals surface area contributed by atoms with Crippen LogP contribution >= 0.6 is 11.3 Å². The lowest BCUT2D eigenvalue weighted by Crippen LogP contribution is -2.28. The molecule has 0 fully saturated rings. The van der Waals surface area contributed by atoms with Crippen molar-refractivity contribution >= 4 is 28.2 Å². The van der Waals surface area contributed by atoms with Gasteiger partial charge in [-0.05, 0) is 37.2 Å². The van der Waals surface area contributed by atoms with Crippen molar-refractivity contribution in [2.24, 2.45) is 11.3 Å². The summed E-state index contributed by atoms with van der Waals surface area (Å²) in [6, 6.07) is 0. The highest BCUT2D eigenvalue weighted by Crippen LogP contribution is 2.40. The third-order valence-corrected chi connectivity index (χ3v) is 5.23. The highest BCUT2D eigenvalue weighted by molar-refractivity contribution is 7.17. The largest absolute Gasteiger partial charge is 0.462 e. The molecule has 1 aliphatic rings. The number of carbonyl (C=O) groups is 2. The topological polar surface area (TPSA) is 55.4 Å². The van der Waals surface area contributed by atoms with E-state index < -0.39 is 5.41 Å². The number of carbonyl (C=O) groups excluding carboxylic acids is 2. The summed E-state index contributed by atoms with van der Waals surface area (Å²) >= 11 is 1.54. The summed E-state index contributed by atoms with van der Waals surface area (Å²) in [5.41, 5.74) is 1.17. The second kappa shape index (κ2) is 7.04. The average molecular weight is 337 g/mol. The molecule has 23 heavy (non-hydrogen) atoms. The maximum absolute atomic E-state index is 12.5. The van der Waals surface area contributed by atoms with Gasteiger partial charge < -0.3 is 10.1 Å². The Balaban J connectivity index is 2.36. The maximum Gasteiger partial charge on any atom is 0.341 e.